The van der Waals surface area contributed by atoms with Crippen molar-refractivity contribution in [3.8, 4) is 10.6 Å². The number of nitrogens with zero attached hydrogens (tertiary/aromatic N) is 4. The van der Waals surface area contributed by atoms with Crippen LogP contribution < -0.4 is 5.32 Å². The molecule has 2 N–H and O–H groups in total. The number of carbonyl (C=O) groups is 1. The second-order valence-electron chi connectivity index (χ2n) is 5.00. The minimum Gasteiger partial charge on any atom is -0.319 e. The zero-order chi connectivity index (χ0) is 16.4. The zero-order valence-corrected chi connectivity index (χ0v) is 13.2. The van der Waals surface area contributed by atoms with Gasteiger partial charge in [0.2, 0.25) is 0 Å². The van der Waals surface area contributed by atoms with Crippen LogP contribution in [0, 0.1) is 0 Å². The third-order valence-corrected chi connectivity index (χ3v) is 4.33. The molecule has 8 heteroatoms. The van der Waals surface area contributed by atoms with Gasteiger partial charge in [-0.2, -0.15) is 5.10 Å². The molecule has 0 spiro atoms. The SMILES string of the molecule is O=C(NC1=CCN=C1c1ccccn1)c1csc(-c2cn[nH]c2)n1. The molecule has 3 aromatic rings. The summed E-state index contributed by atoms with van der Waals surface area (Å²) in [6, 6.07) is 5.60. The van der Waals surface area contributed by atoms with Gasteiger partial charge in [0, 0.05) is 23.3 Å². The van der Waals surface area contributed by atoms with E-state index in [4.69, 9.17) is 0 Å². The van der Waals surface area contributed by atoms with Crippen molar-refractivity contribution >= 4 is 23.0 Å². The zero-order valence-electron chi connectivity index (χ0n) is 12.4. The molecule has 3 aromatic heterocycles. The quantitative estimate of drug-likeness (QED) is 0.762. The second-order valence-corrected chi connectivity index (χ2v) is 5.86. The minimum absolute atomic E-state index is 0.266. The van der Waals surface area contributed by atoms with E-state index in [-0.39, 0.29) is 5.91 Å². The predicted molar refractivity (Wildman–Crippen MR) is 90.9 cm³/mol. The van der Waals surface area contributed by atoms with Crippen LogP contribution in [0.4, 0.5) is 0 Å². The van der Waals surface area contributed by atoms with Crippen molar-refractivity contribution in [3.63, 3.8) is 0 Å². The first-order valence-electron chi connectivity index (χ1n) is 7.23. The maximum absolute atomic E-state index is 12.5. The van der Waals surface area contributed by atoms with Crippen LogP contribution in [0.1, 0.15) is 16.2 Å². The van der Waals surface area contributed by atoms with E-state index >= 15 is 0 Å². The maximum Gasteiger partial charge on any atom is 0.275 e. The summed E-state index contributed by atoms with van der Waals surface area (Å²) in [5.74, 6) is -0.266. The fourth-order valence-corrected chi connectivity index (χ4v) is 3.09. The van der Waals surface area contributed by atoms with Crippen molar-refractivity contribution in [3.05, 3.63) is 65.3 Å². The molecule has 4 rings (SSSR count). The Morgan fingerprint density at radius 1 is 1.33 bits per heavy atom. The first-order chi connectivity index (χ1) is 11.8. The number of pyridine rings is 1. The lowest BCUT2D eigenvalue weighted by molar-refractivity contribution is 0.0964. The lowest BCUT2D eigenvalue weighted by atomic mass is 10.2. The van der Waals surface area contributed by atoms with Gasteiger partial charge in [0.05, 0.1) is 24.1 Å². The van der Waals surface area contributed by atoms with Crippen LogP contribution in [0.2, 0.25) is 0 Å². The highest BCUT2D eigenvalue weighted by atomic mass is 32.1. The van der Waals surface area contributed by atoms with Crippen LogP contribution in [-0.4, -0.2) is 38.3 Å². The van der Waals surface area contributed by atoms with E-state index in [2.05, 4.69) is 30.5 Å². The molecule has 118 valence electrons. The van der Waals surface area contributed by atoms with Gasteiger partial charge in [-0.15, -0.1) is 11.3 Å². The molecule has 4 heterocycles. The molecule has 0 aromatic carbocycles. The van der Waals surface area contributed by atoms with Crippen LogP contribution in [0.25, 0.3) is 10.6 Å². The topological polar surface area (TPSA) is 95.9 Å². The van der Waals surface area contributed by atoms with E-state index in [0.717, 1.165) is 16.3 Å². The molecule has 0 saturated heterocycles. The van der Waals surface area contributed by atoms with Crippen LogP contribution in [-0.2, 0) is 0 Å². The third-order valence-electron chi connectivity index (χ3n) is 3.44. The van der Waals surface area contributed by atoms with E-state index < -0.39 is 0 Å². The Balaban J connectivity index is 1.51. The Morgan fingerprint density at radius 3 is 3.08 bits per heavy atom. The smallest absolute Gasteiger partial charge is 0.275 e. The van der Waals surface area contributed by atoms with E-state index in [1.54, 1.807) is 24.0 Å². The van der Waals surface area contributed by atoms with Crippen LogP contribution in [0.15, 0.2) is 58.9 Å². The highest BCUT2D eigenvalue weighted by Gasteiger charge is 2.20. The fourth-order valence-electron chi connectivity index (χ4n) is 2.31. The molecule has 0 fully saturated rings. The number of amides is 1. The van der Waals surface area contributed by atoms with E-state index in [1.165, 1.54) is 11.3 Å². The van der Waals surface area contributed by atoms with Crippen molar-refractivity contribution in [2.75, 3.05) is 6.54 Å². The summed E-state index contributed by atoms with van der Waals surface area (Å²) in [5.41, 5.74) is 3.31. The summed E-state index contributed by atoms with van der Waals surface area (Å²) in [6.45, 7) is 0.527. The molecule has 0 bridgehead atoms. The first-order valence-corrected chi connectivity index (χ1v) is 8.11. The summed E-state index contributed by atoms with van der Waals surface area (Å²) in [4.78, 5) is 25.5. The van der Waals surface area contributed by atoms with Gasteiger partial charge >= 0.3 is 0 Å². The van der Waals surface area contributed by atoms with Gasteiger partial charge in [-0.05, 0) is 18.2 Å². The van der Waals surface area contributed by atoms with Gasteiger partial charge in [-0.3, -0.25) is 19.9 Å². The summed E-state index contributed by atoms with van der Waals surface area (Å²) in [6.07, 6.45) is 6.98. The molecule has 1 aliphatic heterocycles. The van der Waals surface area contributed by atoms with Crippen molar-refractivity contribution in [2.45, 2.75) is 0 Å². The number of hydrogen-bond donors (Lipinski definition) is 2. The number of nitrogens with one attached hydrogen (secondary N) is 2. The third kappa shape index (κ3) is 2.74. The number of H-pyrrole nitrogens is 1. The molecule has 0 unspecified atom stereocenters. The monoisotopic (exact) mass is 336 g/mol. The average molecular weight is 336 g/mol. The Kier molecular flexibility index (Phi) is 3.72. The molecule has 1 aliphatic rings. The van der Waals surface area contributed by atoms with Crippen molar-refractivity contribution in [1.82, 2.24) is 25.5 Å². The van der Waals surface area contributed by atoms with Gasteiger partial charge in [0.25, 0.3) is 5.91 Å². The number of carbonyl (C=O) groups excluding carboxylic acids is 1. The van der Waals surface area contributed by atoms with Gasteiger partial charge in [0.1, 0.15) is 16.4 Å². The minimum atomic E-state index is -0.266. The van der Waals surface area contributed by atoms with Crippen LogP contribution in [0.5, 0.6) is 0 Å². The average Bonchev–Trinajstić information content (AvgIpc) is 3.36. The Bertz CT molecular complexity index is 927. The van der Waals surface area contributed by atoms with Crippen molar-refractivity contribution in [1.29, 1.82) is 0 Å². The highest BCUT2D eigenvalue weighted by Crippen LogP contribution is 2.22. The van der Waals surface area contributed by atoms with E-state index in [1.807, 2.05) is 24.3 Å². The standard InChI is InChI=1S/C16H12N6OS/c23-15(13-9-24-16(22-13)10-7-19-20-8-10)21-12-4-6-18-14(12)11-3-1-2-5-17-11/h1-5,7-9H,6H2,(H,19,20)(H,21,23). The number of allylic oxidation sites excluding steroid dienone is 1. The van der Waals surface area contributed by atoms with E-state index in [0.29, 0.717) is 23.6 Å². The van der Waals surface area contributed by atoms with Gasteiger partial charge in [-0.25, -0.2) is 4.98 Å². The van der Waals surface area contributed by atoms with Crippen LogP contribution >= 0.6 is 11.3 Å². The molecule has 0 radical (unpaired) electrons. The lowest BCUT2D eigenvalue weighted by Gasteiger charge is -2.07. The van der Waals surface area contributed by atoms with E-state index in [9.17, 15) is 4.79 Å². The lowest BCUT2D eigenvalue weighted by Crippen LogP contribution is -2.27. The summed E-state index contributed by atoms with van der Waals surface area (Å²) < 4.78 is 0. The molecule has 0 saturated carbocycles. The summed E-state index contributed by atoms with van der Waals surface area (Å²) >= 11 is 1.40. The normalized spacial score (nSPS) is 13.5. The second kappa shape index (κ2) is 6.17. The number of aliphatic imine (C=N–C) groups is 1. The molecule has 24 heavy (non-hydrogen) atoms. The number of thiazole rings is 1. The summed E-state index contributed by atoms with van der Waals surface area (Å²) in [5, 5.41) is 12.0. The Morgan fingerprint density at radius 2 is 2.29 bits per heavy atom. The fraction of sp³-hybridized carbons (Fsp3) is 0.0625. The van der Waals surface area contributed by atoms with Gasteiger partial charge in [-0.1, -0.05) is 6.07 Å². The molecular formula is C16H12N6OS. The largest absolute Gasteiger partial charge is 0.319 e. The van der Waals surface area contributed by atoms with Crippen LogP contribution in [0.3, 0.4) is 0 Å². The Hall–Kier alpha value is -3.13. The Labute approximate surface area is 141 Å². The number of aromatic amines is 1. The molecule has 7 nitrogen and oxygen atoms in total. The van der Waals surface area contributed by atoms with Crippen molar-refractivity contribution in [2.24, 2.45) is 4.99 Å². The molecule has 0 aliphatic carbocycles. The number of aromatic nitrogens is 4. The summed E-state index contributed by atoms with van der Waals surface area (Å²) in [7, 11) is 0. The maximum atomic E-state index is 12.5. The molecule has 1 amide bonds. The number of rotatable bonds is 4. The number of hydrogen-bond acceptors (Lipinski definition) is 6. The first kappa shape index (κ1) is 14.5. The van der Waals surface area contributed by atoms with Gasteiger partial charge < -0.3 is 5.32 Å². The van der Waals surface area contributed by atoms with Gasteiger partial charge in [0.15, 0.2) is 0 Å². The highest BCUT2D eigenvalue weighted by molar-refractivity contribution is 7.13. The predicted octanol–water partition coefficient (Wildman–Crippen LogP) is 2.04. The molecular weight excluding hydrogens is 324 g/mol. The molecule has 0 atom stereocenters. The van der Waals surface area contributed by atoms with Crippen molar-refractivity contribution < 1.29 is 4.79 Å².